The number of halogens is 2. The first-order chi connectivity index (χ1) is 9.51. The molecule has 5 heteroatoms. The predicted molar refractivity (Wildman–Crippen MR) is 80.9 cm³/mol. The molecule has 1 N–H and O–H groups in total. The number of rotatable bonds is 4. The summed E-state index contributed by atoms with van der Waals surface area (Å²) < 4.78 is 14.6. The minimum Gasteiger partial charge on any atom is -0.341 e. The van der Waals surface area contributed by atoms with Crippen LogP contribution in [0.25, 0.3) is 0 Å². The summed E-state index contributed by atoms with van der Waals surface area (Å²) in [5.74, 6) is -0.0179. The van der Waals surface area contributed by atoms with E-state index in [0.717, 1.165) is 24.0 Å². The standard InChI is InChI=1S/C15H20BrFN2O/c1-3-15(20)19-7-6-12(9-19)18-10(2)13-5-4-11(16)8-14(13)17/h4-5,8,10,12,18H,3,6-7,9H2,1-2H3/t10-,12-/m0/s1. The van der Waals surface area contributed by atoms with E-state index in [2.05, 4.69) is 21.2 Å². The van der Waals surface area contributed by atoms with E-state index < -0.39 is 0 Å². The zero-order chi connectivity index (χ0) is 14.7. The molecule has 1 aliphatic rings. The first-order valence-corrected chi connectivity index (χ1v) is 7.79. The van der Waals surface area contributed by atoms with Crippen molar-refractivity contribution in [1.29, 1.82) is 0 Å². The molecule has 1 amide bonds. The van der Waals surface area contributed by atoms with Crippen LogP contribution in [0.1, 0.15) is 38.3 Å². The van der Waals surface area contributed by atoms with Crippen LogP contribution in [0, 0.1) is 5.82 Å². The summed E-state index contributed by atoms with van der Waals surface area (Å²) in [6.45, 7) is 5.34. The van der Waals surface area contributed by atoms with Crippen molar-refractivity contribution in [2.45, 2.75) is 38.8 Å². The number of carbonyl (C=O) groups excluding carboxylic acids is 1. The monoisotopic (exact) mass is 342 g/mol. The van der Waals surface area contributed by atoms with E-state index in [-0.39, 0.29) is 23.8 Å². The molecular weight excluding hydrogens is 323 g/mol. The Morgan fingerprint density at radius 1 is 1.60 bits per heavy atom. The fraction of sp³-hybridized carbons (Fsp3) is 0.533. The molecule has 0 bridgehead atoms. The summed E-state index contributed by atoms with van der Waals surface area (Å²) in [6, 6.07) is 5.29. The van der Waals surface area contributed by atoms with E-state index in [9.17, 15) is 9.18 Å². The van der Waals surface area contributed by atoms with Gasteiger partial charge in [-0.05, 0) is 25.5 Å². The van der Waals surface area contributed by atoms with Crippen molar-refractivity contribution in [3.63, 3.8) is 0 Å². The van der Waals surface area contributed by atoms with Gasteiger partial charge in [-0.15, -0.1) is 0 Å². The van der Waals surface area contributed by atoms with E-state index in [1.54, 1.807) is 6.07 Å². The number of likely N-dealkylation sites (tertiary alicyclic amines) is 1. The number of nitrogens with one attached hydrogen (secondary N) is 1. The number of hydrogen-bond acceptors (Lipinski definition) is 2. The second-order valence-electron chi connectivity index (χ2n) is 5.23. The summed E-state index contributed by atoms with van der Waals surface area (Å²) in [7, 11) is 0. The quantitative estimate of drug-likeness (QED) is 0.910. The molecule has 0 spiro atoms. The predicted octanol–water partition coefficient (Wildman–Crippen LogP) is 3.25. The summed E-state index contributed by atoms with van der Waals surface area (Å²) in [5.41, 5.74) is 0.661. The van der Waals surface area contributed by atoms with E-state index in [1.807, 2.05) is 24.8 Å². The lowest BCUT2D eigenvalue weighted by Crippen LogP contribution is -2.36. The molecule has 1 aliphatic heterocycles. The Kier molecular flexibility index (Phi) is 5.16. The molecule has 1 heterocycles. The van der Waals surface area contributed by atoms with Crippen LogP contribution >= 0.6 is 15.9 Å². The first kappa shape index (κ1) is 15.4. The molecule has 3 nitrogen and oxygen atoms in total. The zero-order valence-corrected chi connectivity index (χ0v) is 13.4. The summed E-state index contributed by atoms with van der Waals surface area (Å²) >= 11 is 3.26. The highest BCUT2D eigenvalue weighted by Gasteiger charge is 2.26. The Balaban J connectivity index is 1.95. The van der Waals surface area contributed by atoms with Crippen molar-refractivity contribution >= 4 is 21.8 Å². The number of nitrogens with zero attached hydrogens (tertiary/aromatic N) is 1. The van der Waals surface area contributed by atoms with Crippen molar-refractivity contribution in [3.05, 3.63) is 34.1 Å². The van der Waals surface area contributed by atoms with Crippen LogP contribution in [-0.4, -0.2) is 29.9 Å². The largest absolute Gasteiger partial charge is 0.341 e. The average molecular weight is 343 g/mol. The van der Waals surface area contributed by atoms with E-state index in [4.69, 9.17) is 0 Å². The van der Waals surface area contributed by atoms with Crippen LogP contribution in [0.15, 0.2) is 22.7 Å². The smallest absolute Gasteiger partial charge is 0.222 e. The highest BCUT2D eigenvalue weighted by atomic mass is 79.9. The molecular formula is C15H20BrFN2O. The fourth-order valence-electron chi connectivity index (χ4n) is 2.64. The SMILES string of the molecule is CCC(=O)N1CC[C@H](N[C@@H](C)c2ccc(Br)cc2F)C1. The van der Waals surface area contributed by atoms with Crippen molar-refractivity contribution in [2.75, 3.05) is 13.1 Å². The van der Waals surface area contributed by atoms with Crippen LogP contribution in [0.5, 0.6) is 0 Å². The van der Waals surface area contributed by atoms with Crippen LogP contribution in [0.3, 0.4) is 0 Å². The Morgan fingerprint density at radius 3 is 3.00 bits per heavy atom. The number of carbonyl (C=O) groups is 1. The van der Waals surface area contributed by atoms with Gasteiger partial charge < -0.3 is 10.2 Å². The second-order valence-corrected chi connectivity index (χ2v) is 6.15. The molecule has 2 atom stereocenters. The third-order valence-corrected chi connectivity index (χ3v) is 4.25. The molecule has 1 fully saturated rings. The molecule has 0 saturated carbocycles. The fourth-order valence-corrected chi connectivity index (χ4v) is 2.98. The summed E-state index contributed by atoms with van der Waals surface area (Å²) in [4.78, 5) is 13.5. The van der Waals surface area contributed by atoms with Crippen LogP contribution in [-0.2, 0) is 4.79 Å². The molecule has 0 radical (unpaired) electrons. The van der Waals surface area contributed by atoms with E-state index in [1.165, 1.54) is 6.07 Å². The lowest BCUT2D eigenvalue weighted by atomic mass is 10.1. The van der Waals surface area contributed by atoms with Crippen LogP contribution in [0.4, 0.5) is 4.39 Å². The Morgan fingerprint density at radius 2 is 2.35 bits per heavy atom. The van der Waals surface area contributed by atoms with E-state index in [0.29, 0.717) is 12.0 Å². The van der Waals surface area contributed by atoms with Gasteiger partial charge in [-0.2, -0.15) is 0 Å². The number of benzene rings is 1. The maximum atomic E-state index is 13.9. The van der Waals surface area contributed by atoms with Crippen LogP contribution in [0.2, 0.25) is 0 Å². The number of hydrogen-bond donors (Lipinski definition) is 1. The van der Waals surface area contributed by atoms with Gasteiger partial charge in [0.1, 0.15) is 5.82 Å². The van der Waals surface area contributed by atoms with Gasteiger partial charge in [0.05, 0.1) is 0 Å². The average Bonchev–Trinajstić information content (AvgIpc) is 2.86. The minimum absolute atomic E-state index is 0.0650. The third-order valence-electron chi connectivity index (χ3n) is 3.76. The third kappa shape index (κ3) is 3.58. The van der Waals surface area contributed by atoms with Gasteiger partial charge >= 0.3 is 0 Å². The Labute approximate surface area is 127 Å². The van der Waals surface area contributed by atoms with Gasteiger partial charge in [0.15, 0.2) is 0 Å². The van der Waals surface area contributed by atoms with Crippen molar-refractivity contribution in [1.82, 2.24) is 10.2 Å². The highest BCUT2D eigenvalue weighted by Crippen LogP contribution is 2.22. The summed E-state index contributed by atoms with van der Waals surface area (Å²) in [5, 5.41) is 3.42. The molecule has 1 aromatic rings. The molecule has 1 aromatic carbocycles. The number of amides is 1. The minimum atomic E-state index is -0.209. The molecule has 110 valence electrons. The molecule has 2 rings (SSSR count). The highest BCUT2D eigenvalue weighted by molar-refractivity contribution is 9.10. The summed E-state index contributed by atoms with van der Waals surface area (Å²) in [6.07, 6.45) is 1.47. The lowest BCUT2D eigenvalue weighted by Gasteiger charge is -2.21. The van der Waals surface area contributed by atoms with Crippen LogP contribution < -0.4 is 5.32 Å². The molecule has 20 heavy (non-hydrogen) atoms. The van der Waals surface area contributed by atoms with Crippen molar-refractivity contribution in [2.24, 2.45) is 0 Å². The van der Waals surface area contributed by atoms with E-state index >= 15 is 0 Å². The maximum absolute atomic E-state index is 13.9. The first-order valence-electron chi connectivity index (χ1n) is 7.00. The van der Waals surface area contributed by atoms with Gasteiger partial charge in [-0.1, -0.05) is 28.9 Å². The van der Waals surface area contributed by atoms with Gasteiger partial charge in [0.25, 0.3) is 0 Å². The zero-order valence-electron chi connectivity index (χ0n) is 11.8. The van der Waals surface area contributed by atoms with Crippen molar-refractivity contribution < 1.29 is 9.18 Å². The lowest BCUT2D eigenvalue weighted by molar-refractivity contribution is -0.129. The Bertz CT molecular complexity index is 495. The molecule has 0 unspecified atom stereocenters. The van der Waals surface area contributed by atoms with Gasteiger partial charge in [0, 0.05) is 41.6 Å². The van der Waals surface area contributed by atoms with Gasteiger partial charge in [0.2, 0.25) is 5.91 Å². The normalized spacial score (nSPS) is 20.2. The topological polar surface area (TPSA) is 32.3 Å². The van der Waals surface area contributed by atoms with Crippen molar-refractivity contribution in [3.8, 4) is 0 Å². The molecule has 1 saturated heterocycles. The molecule has 0 aromatic heterocycles. The Hall–Kier alpha value is -0.940. The van der Waals surface area contributed by atoms with Gasteiger partial charge in [-0.25, -0.2) is 4.39 Å². The molecule has 0 aliphatic carbocycles. The second kappa shape index (κ2) is 6.68. The maximum Gasteiger partial charge on any atom is 0.222 e. The van der Waals surface area contributed by atoms with Gasteiger partial charge in [-0.3, -0.25) is 4.79 Å².